The number of benzene rings is 1. The second-order valence-electron chi connectivity index (χ2n) is 6.30. The van der Waals surface area contributed by atoms with E-state index in [0.717, 1.165) is 5.56 Å². The summed E-state index contributed by atoms with van der Waals surface area (Å²) in [7, 11) is 0. The first kappa shape index (κ1) is 19.4. The fourth-order valence-corrected chi connectivity index (χ4v) is 1.73. The number of hydrogen-bond donors (Lipinski definition) is 1. The lowest BCUT2D eigenvalue weighted by Gasteiger charge is -2.24. The van der Waals surface area contributed by atoms with Crippen LogP contribution in [-0.2, 0) is 25.6 Å². The molecule has 1 N–H and O–H groups in total. The molecule has 0 aliphatic heterocycles. The van der Waals surface area contributed by atoms with Gasteiger partial charge in [-0.05, 0) is 33.3 Å². The highest BCUT2D eigenvalue weighted by Gasteiger charge is 2.27. The molecule has 0 saturated heterocycles. The van der Waals surface area contributed by atoms with Crippen LogP contribution in [0.2, 0.25) is 0 Å². The average Bonchev–Trinajstić information content (AvgIpc) is 2.49. The highest BCUT2D eigenvalue weighted by molar-refractivity contribution is 5.89. The summed E-state index contributed by atoms with van der Waals surface area (Å²) in [6, 6.07) is 9.68. The summed E-state index contributed by atoms with van der Waals surface area (Å²) in [5.41, 5.74) is 0.362. The maximum Gasteiger partial charge on any atom is 0.336 e. The molecule has 0 aliphatic carbocycles. The zero-order valence-electron chi connectivity index (χ0n) is 14.2. The second-order valence-corrected chi connectivity index (χ2v) is 6.30. The van der Waals surface area contributed by atoms with Crippen molar-refractivity contribution >= 4 is 5.97 Å². The maximum absolute atomic E-state index is 11.9. The third kappa shape index (κ3) is 7.41. The van der Waals surface area contributed by atoms with Gasteiger partial charge in [0.25, 0.3) is 0 Å². The molecule has 5 heteroatoms. The van der Waals surface area contributed by atoms with Gasteiger partial charge in [0.15, 0.2) is 0 Å². The van der Waals surface area contributed by atoms with Gasteiger partial charge in [-0.15, -0.1) is 0 Å². The molecule has 5 nitrogen and oxygen atoms in total. The number of aliphatic hydroxyl groups excluding tert-OH is 1. The fraction of sp³-hybridized carbons (Fsp3) is 0.500. The lowest BCUT2D eigenvalue weighted by atomic mass is 10.1. The molecule has 0 aromatic heterocycles. The minimum Gasteiger partial charge on any atom is -0.457 e. The standard InChI is InChI=1S/C18H26O5/c1-13(17(20)23-18(3,4)5)16(19)14(2)22-12-21-11-15-9-7-6-8-10-15/h6-10,14,16,19H,1,11-12H2,2-5H3. The molecule has 0 spiro atoms. The van der Waals surface area contributed by atoms with Gasteiger partial charge in [-0.25, -0.2) is 4.79 Å². The van der Waals surface area contributed by atoms with E-state index in [4.69, 9.17) is 14.2 Å². The van der Waals surface area contributed by atoms with Crippen molar-refractivity contribution in [2.75, 3.05) is 6.79 Å². The number of aliphatic hydroxyl groups is 1. The molecule has 0 radical (unpaired) electrons. The number of esters is 1. The molecule has 23 heavy (non-hydrogen) atoms. The SMILES string of the molecule is C=C(C(=O)OC(C)(C)C)C(O)C(C)OCOCc1ccccc1. The van der Waals surface area contributed by atoms with E-state index >= 15 is 0 Å². The first-order valence-corrected chi connectivity index (χ1v) is 7.54. The van der Waals surface area contributed by atoms with Gasteiger partial charge in [0, 0.05) is 0 Å². The monoisotopic (exact) mass is 322 g/mol. The van der Waals surface area contributed by atoms with Crippen LogP contribution in [-0.4, -0.2) is 35.7 Å². The normalized spacial score (nSPS) is 14.1. The minimum atomic E-state index is -1.15. The van der Waals surface area contributed by atoms with Crippen LogP contribution in [0.3, 0.4) is 0 Å². The van der Waals surface area contributed by atoms with Crippen LogP contribution in [0.4, 0.5) is 0 Å². The van der Waals surface area contributed by atoms with Gasteiger partial charge in [-0.3, -0.25) is 0 Å². The van der Waals surface area contributed by atoms with Gasteiger partial charge in [0.05, 0.1) is 18.3 Å². The van der Waals surface area contributed by atoms with Crippen molar-refractivity contribution in [2.24, 2.45) is 0 Å². The molecule has 0 saturated carbocycles. The molecular formula is C18H26O5. The molecule has 0 bridgehead atoms. The van der Waals surface area contributed by atoms with Crippen molar-refractivity contribution in [3.8, 4) is 0 Å². The summed E-state index contributed by atoms with van der Waals surface area (Å²) < 4.78 is 15.9. The van der Waals surface area contributed by atoms with Crippen LogP contribution in [0.15, 0.2) is 42.5 Å². The van der Waals surface area contributed by atoms with E-state index in [0.29, 0.717) is 6.61 Å². The van der Waals surface area contributed by atoms with Gasteiger partial charge in [-0.1, -0.05) is 36.9 Å². The Bertz CT molecular complexity index is 504. The maximum atomic E-state index is 11.9. The van der Waals surface area contributed by atoms with E-state index in [1.54, 1.807) is 27.7 Å². The van der Waals surface area contributed by atoms with Gasteiger partial charge in [-0.2, -0.15) is 0 Å². The number of carbonyl (C=O) groups is 1. The van der Waals surface area contributed by atoms with E-state index < -0.39 is 23.8 Å². The Hall–Kier alpha value is -1.69. The quantitative estimate of drug-likeness (QED) is 0.345. The van der Waals surface area contributed by atoms with Gasteiger partial charge >= 0.3 is 5.97 Å². The van der Waals surface area contributed by atoms with Crippen molar-refractivity contribution in [3.05, 3.63) is 48.0 Å². The van der Waals surface area contributed by atoms with Crippen LogP contribution >= 0.6 is 0 Å². The van der Waals surface area contributed by atoms with Crippen LogP contribution in [0.1, 0.15) is 33.3 Å². The van der Waals surface area contributed by atoms with E-state index in [9.17, 15) is 9.90 Å². The first-order valence-electron chi connectivity index (χ1n) is 7.54. The molecule has 2 unspecified atom stereocenters. The van der Waals surface area contributed by atoms with Gasteiger partial charge in [0.1, 0.15) is 18.5 Å². The zero-order valence-corrected chi connectivity index (χ0v) is 14.2. The topological polar surface area (TPSA) is 65.0 Å². The third-order valence-corrected chi connectivity index (χ3v) is 2.99. The Morgan fingerprint density at radius 1 is 1.26 bits per heavy atom. The van der Waals surface area contributed by atoms with Crippen molar-refractivity contribution in [1.82, 2.24) is 0 Å². The molecular weight excluding hydrogens is 296 g/mol. The lowest BCUT2D eigenvalue weighted by molar-refractivity contribution is -0.154. The Morgan fingerprint density at radius 3 is 2.43 bits per heavy atom. The van der Waals surface area contributed by atoms with Crippen LogP contribution in [0.5, 0.6) is 0 Å². The Morgan fingerprint density at radius 2 is 1.87 bits per heavy atom. The van der Waals surface area contributed by atoms with E-state index in [1.165, 1.54) is 0 Å². The molecule has 2 atom stereocenters. The smallest absolute Gasteiger partial charge is 0.336 e. The molecule has 0 aliphatic rings. The van der Waals surface area contributed by atoms with Gasteiger partial charge in [0.2, 0.25) is 0 Å². The Balaban J connectivity index is 2.34. The second kappa shape index (κ2) is 8.82. The van der Waals surface area contributed by atoms with E-state index in [-0.39, 0.29) is 12.4 Å². The average molecular weight is 322 g/mol. The molecule has 0 amide bonds. The molecule has 0 fully saturated rings. The van der Waals surface area contributed by atoms with Crippen LogP contribution in [0.25, 0.3) is 0 Å². The van der Waals surface area contributed by atoms with E-state index in [2.05, 4.69) is 6.58 Å². The number of carbonyl (C=O) groups excluding carboxylic acids is 1. The molecule has 1 aromatic rings. The minimum absolute atomic E-state index is 0.00865. The van der Waals surface area contributed by atoms with Crippen LogP contribution in [0, 0.1) is 0 Å². The first-order chi connectivity index (χ1) is 10.7. The number of rotatable bonds is 8. The van der Waals surface area contributed by atoms with Crippen molar-refractivity contribution < 1.29 is 24.1 Å². The number of hydrogen-bond acceptors (Lipinski definition) is 5. The molecule has 1 aromatic carbocycles. The highest BCUT2D eigenvalue weighted by Crippen LogP contribution is 2.15. The van der Waals surface area contributed by atoms with Crippen LogP contribution < -0.4 is 0 Å². The summed E-state index contributed by atoms with van der Waals surface area (Å²) in [5.74, 6) is -0.634. The largest absolute Gasteiger partial charge is 0.457 e. The van der Waals surface area contributed by atoms with Crippen molar-refractivity contribution in [2.45, 2.75) is 52.1 Å². The third-order valence-electron chi connectivity index (χ3n) is 2.99. The summed E-state index contributed by atoms with van der Waals surface area (Å²) in [4.78, 5) is 11.9. The highest BCUT2D eigenvalue weighted by atomic mass is 16.7. The van der Waals surface area contributed by atoms with Gasteiger partial charge < -0.3 is 19.3 Å². The fourth-order valence-electron chi connectivity index (χ4n) is 1.73. The summed E-state index contributed by atoms with van der Waals surface area (Å²) in [6.07, 6.45) is -1.78. The summed E-state index contributed by atoms with van der Waals surface area (Å²) in [5, 5.41) is 10.1. The predicted molar refractivity (Wildman–Crippen MR) is 87.6 cm³/mol. The summed E-state index contributed by atoms with van der Waals surface area (Å²) >= 11 is 0. The molecule has 1 rings (SSSR count). The molecule has 0 heterocycles. The Kier molecular flexibility index (Phi) is 7.42. The Labute approximate surface area is 137 Å². The van der Waals surface area contributed by atoms with Crippen molar-refractivity contribution in [3.63, 3.8) is 0 Å². The predicted octanol–water partition coefficient (Wildman–Crippen LogP) is 2.82. The summed E-state index contributed by atoms with van der Waals surface area (Å²) in [6.45, 7) is 10.9. The molecule has 128 valence electrons. The zero-order chi connectivity index (χ0) is 17.5. The number of ether oxygens (including phenoxy) is 3. The van der Waals surface area contributed by atoms with E-state index in [1.807, 2.05) is 30.3 Å². The lowest BCUT2D eigenvalue weighted by Crippen LogP contribution is -2.34. The van der Waals surface area contributed by atoms with Crippen molar-refractivity contribution in [1.29, 1.82) is 0 Å².